The van der Waals surface area contributed by atoms with Crippen molar-refractivity contribution < 1.29 is 14.7 Å². The fourth-order valence-electron chi connectivity index (χ4n) is 2.79. The molecule has 0 aliphatic heterocycles. The van der Waals surface area contributed by atoms with Gasteiger partial charge in [-0.15, -0.1) is 0 Å². The molecule has 0 aromatic carbocycles. The van der Waals surface area contributed by atoms with Gasteiger partial charge in [-0.2, -0.15) is 0 Å². The Labute approximate surface area is 139 Å². The third-order valence-electron chi connectivity index (χ3n) is 4.30. The van der Waals surface area contributed by atoms with Gasteiger partial charge in [-0.3, -0.25) is 24.2 Å². The Morgan fingerprint density at radius 3 is 2.58 bits per heavy atom. The van der Waals surface area contributed by atoms with Crippen LogP contribution in [0.2, 0.25) is 0 Å². The molecule has 0 fully saturated rings. The Kier molecular flexibility index (Phi) is 4.77. The number of aromatic nitrogens is 3. The first-order chi connectivity index (χ1) is 11.1. The molecule has 1 unspecified atom stereocenters. The molecule has 2 aromatic heterocycles. The van der Waals surface area contributed by atoms with Crippen molar-refractivity contribution in [2.24, 2.45) is 13.0 Å². The summed E-state index contributed by atoms with van der Waals surface area (Å²) in [6, 6.07) is 0. The van der Waals surface area contributed by atoms with Crippen LogP contribution in [0, 0.1) is 19.8 Å². The highest BCUT2D eigenvalue weighted by Gasteiger charge is 2.21. The fourth-order valence-corrected chi connectivity index (χ4v) is 2.79. The highest BCUT2D eigenvalue weighted by atomic mass is 16.4. The Balaban J connectivity index is 2.33. The second-order valence-corrected chi connectivity index (χ2v) is 6.19. The number of carbonyl (C=O) groups is 2. The molecule has 1 amide bonds. The number of nitrogens with one attached hydrogen (secondary N) is 1. The third-order valence-corrected chi connectivity index (χ3v) is 4.30. The predicted octanol–water partition coefficient (Wildman–Crippen LogP) is 0.600. The molecule has 8 heteroatoms. The molecule has 2 heterocycles. The van der Waals surface area contributed by atoms with Crippen molar-refractivity contribution >= 4 is 22.9 Å². The van der Waals surface area contributed by atoms with E-state index in [1.165, 1.54) is 4.90 Å². The Morgan fingerprint density at radius 1 is 1.38 bits per heavy atom. The number of pyridine rings is 1. The van der Waals surface area contributed by atoms with Crippen molar-refractivity contribution in [3.05, 3.63) is 27.2 Å². The van der Waals surface area contributed by atoms with E-state index in [4.69, 9.17) is 5.11 Å². The van der Waals surface area contributed by atoms with Crippen LogP contribution >= 0.6 is 0 Å². The van der Waals surface area contributed by atoms with Gasteiger partial charge in [0.05, 0.1) is 17.7 Å². The van der Waals surface area contributed by atoms with Gasteiger partial charge < -0.3 is 10.0 Å². The zero-order valence-corrected chi connectivity index (χ0v) is 14.5. The van der Waals surface area contributed by atoms with Gasteiger partial charge in [0.15, 0.2) is 5.65 Å². The molecule has 0 radical (unpaired) electrons. The molecule has 0 saturated heterocycles. The molecule has 2 rings (SSSR count). The minimum atomic E-state index is -0.944. The van der Waals surface area contributed by atoms with E-state index < -0.39 is 11.9 Å². The number of aliphatic carboxylic acids is 1. The highest BCUT2D eigenvalue weighted by molar-refractivity contribution is 5.85. The number of amides is 1. The first-order valence-electron chi connectivity index (χ1n) is 7.65. The lowest BCUT2D eigenvalue weighted by atomic mass is 10.0. The highest BCUT2D eigenvalue weighted by Crippen LogP contribution is 2.20. The lowest BCUT2D eigenvalue weighted by molar-refractivity contribution is -0.142. The second-order valence-electron chi connectivity index (χ2n) is 6.19. The van der Waals surface area contributed by atoms with Gasteiger partial charge in [0.2, 0.25) is 5.91 Å². The van der Waals surface area contributed by atoms with Gasteiger partial charge in [-0.25, -0.2) is 4.98 Å². The number of carboxylic acids is 1. The van der Waals surface area contributed by atoms with Crippen molar-refractivity contribution in [1.29, 1.82) is 0 Å². The minimum Gasteiger partial charge on any atom is -0.481 e. The maximum Gasteiger partial charge on any atom is 0.308 e. The SMILES string of the molecule is Cc1nc2c(c(C)c1CC(=O)N(C)CC(C)C(=O)O)c(=O)[nH]n2C. The van der Waals surface area contributed by atoms with Crippen LogP contribution < -0.4 is 5.56 Å². The average Bonchev–Trinajstić information content (AvgIpc) is 2.77. The number of H-pyrrole nitrogens is 1. The van der Waals surface area contributed by atoms with Crippen LogP contribution in [0.5, 0.6) is 0 Å². The van der Waals surface area contributed by atoms with E-state index >= 15 is 0 Å². The standard InChI is InChI=1S/C16H22N4O4/c1-8(16(23)24)7-19(4)12(21)6-11-9(2)13-14(17-10(11)3)20(5)18-15(13)22/h8H,6-7H2,1-5H3,(H,18,22)(H,23,24). The van der Waals surface area contributed by atoms with Crippen molar-refractivity contribution in [1.82, 2.24) is 19.7 Å². The Hall–Kier alpha value is -2.64. The fraction of sp³-hybridized carbons (Fsp3) is 0.500. The monoisotopic (exact) mass is 334 g/mol. The summed E-state index contributed by atoms with van der Waals surface area (Å²) in [5, 5.41) is 12.1. The van der Waals surface area contributed by atoms with Crippen LogP contribution in [-0.2, 0) is 23.1 Å². The zero-order chi connectivity index (χ0) is 18.2. The van der Waals surface area contributed by atoms with Crippen molar-refractivity contribution in [2.45, 2.75) is 27.2 Å². The number of aryl methyl sites for hydroxylation is 3. The molecule has 0 bridgehead atoms. The zero-order valence-electron chi connectivity index (χ0n) is 14.5. The molecule has 0 saturated carbocycles. The maximum atomic E-state index is 12.4. The largest absolute Gasteiger partial charge is 0.481 e. The van der Waals surface area contributed by atoms with Gasteiger partial charge in [0.1, 0.15) is 0 Å². The Bertz CT molecular complexity index is 865. The van der Waals surface area contributed by atoms with Crippen LogP contribution in [0.4, 0.5) is 0 Å². The number of fused-ring (bicyclic) bond motifs is 1. The number of aromatic amines is 1. The van der Waals surface area contributed by atoms with Crippen LogP contribution in [-0.4, -0.2) is 50.2 Å². The molecular formula is C16H22N4O4. The van der Waals surface area contributed by atoms with Gasteiger partial charge in [0.25, 0.3) is 5.56 Å². The van der Waals surface area contributed by atoms with Crippen molar-refractivity contribution in [3.63, 3.8) is 0 Å². The summed E-state index contributed by atoms with van der Waals surface area (Å²) in [5.41, 5.74) is 2.44. The summed E-state index contributed by atoms with van der Waals surface area (Å²) < 4.78 is 1.56. The minimum absolute atomic E-state index is 0.0811. The summed E-state index contributed by atoms with van der Waals surface area (Å²) in [4.78, 5) is 41.2. The molecule has 2 N–H and O–H groups in total. The summed E-state index contributed by atoms with van der Waals surface area (Å²) in [7, 11) is 3.29. The Morgan fingerprint density at radius 2 is 2.00 bits per heavy atom. The molecule has 0 spiro atoms. The summed E-state index contributed by atoms with van der Waals surface area (Å²) >= 11 is 0. The van der Waals surface area contributed by atoms with E-state index in [9.17, 15) is 14.4 Å². The van der Waals surface area contributed by atoms with E-state index in [2.05, 4.69) is 10.1 Å². The van der Waals surface area contributed by atoms with E-state index in [0.717, 1.165) is 5.56 Å². The van der Waals surface area contributed by atoms with Gasteiger partial charge in [-0.1, -0.05) is 6.92 Å². The molecule has 24 heavy (non-hydrogen) atoms. The van der Waals surface area contributed by atoms with Crippen LogP contribution in [0.3, 0.4) is 0 Å². The van der Waals surface area contributed by atoms with Gasteiger partial charge >= 0.3 is 5.97 Å². The summed E-state index contributed by atoms with van der Waals surface area (Å²) in [5.74, 6) is -1.79. The molecule has 2 aromatic rings. The normalized spacial score (nSPS) is 12.4. The number of carbonyl (C=O) groups excluding carboxylic acids is 1. The molecule has 1 atom stereocenters. The van der Waals surface area contributed by atoms with Gasteiger partial charge in [0, 0.05) is 26.3 Å². The number of hydrogen-bond acceptors (Lipinski definition) is 4. The molecule has 8 nitrogen and oxygen atoms in total. The first kappa shape index (κ1) is 17.7. The molecular weight excluding hydrogens is 312 g/mol. The van der Waals surface area contributed by atoms with E-state index in [1.54, 1.807) is 39.5 Å². The number of carboxylic acid groups (broad SMARTS) is 1. The maximum absolute atomic E-state index is 12.4. The van der Waals surface area contributed by atoms with Gasteiger partial charge in [-0.05, 0) is 25.0 Å². The van der Waals surface area contributed by atoms with E-state index in [1.807, 2.05) is 0 Å². The third kappa shape index (κ3) is 3.17. The first-order valence-corrected chi connectivity index (χ1v) is 7.65. The van der Waals surface area contributed by atoms with E-state index in [-0.39, 0.29) is 24.4 Å². The molecule has 0 aliphatic carbocycles. The topological polar surface area (TPSA) is 108 Å². The lowest BCUT2D eigenvalue weighted by Crippen LogP contribution is -2.35. The number of nitrogens with zero attached hydrogens (tertiary/aromatic N) is 3. The summed E-state index contributed by atoms with van der Waals surface area (Å²) in [6.07, 6.45) is 0.0811. The van der Waals surface area contributed by atoms with Crippen LogP contribution in [0.15, 0.2) is 4.79 Å². The van der Waals surface area contributed by atoms with Crippen LogP contribution in [0.25, 0.3) is 11.0 Å². The smallest absolute Gasteiger partial charge is 0.308 e. The second kappa shape index (κ2) is 6.46. The lowest BCUT2D eigenvalue weighted by Gasteiger charge is -2.20. The summed E-state index contributed by atoms with van der Waals surface area (Å²) in [6.45, 7) is 5.29. The van der Waals surface area contributed by atoms with Crippen molar-refractivity contribution in [3.8, 4) is 0 Å². The molecule has 130 valence electrons. The number of likely N-dealkylation sites (N-methyl/N-ethyl adjacent to an activating group) is 1. The number of hydrogen-bond donors (Lipinski definition) is 2. The number of rotatable bonds is 5. The molecule has 0 aliphatic rings. The van der Waals surface area contributed by atoms with E-state index in [0.29, 0.717) is 22.3 Å². The van der Waals surface area contributed by atoms with Crippen LogP contribution in [0.1, 0.15) is 23.7 Å². The average molecular weight is 334 g/mol. The quantitative estimate of drug-likeness (QED) is 0.832. The predicted molar refractivity (Wildman–Crippen MR) is 88.9 cm³/mol. The van der Waals surface area contributed by atoms with Crippen molar-refractivity contribution in [2.75, 3.05) is 13.6 Å².